The molecule has 0 fully saturated rings. The van der Waals surface area contributed by atoms with Crippen molar-refractivity contribution in [3.05, 3.63) is 41.6 Å². The van der Waals surface area contributed by atoms with Crippen molar-refractivity contribution in [2.75, 3.05) is 0 Å². The molecule has 0 aliphatic heterocycles. The number of aromatic nitrogens is 1. The van der Waals surface area contributed by atoms with Crippen molar-refractivity contribution in [2.24, 2.45) is 4.99 Å². The van der Waals surface area contributed by atoms with Crippen molar-refractivity contribution in [1.82, 2.24) is 0 Å². The lowest BCUT2D eigenvalue weighted by Crippen LogP contribution is -2.41. The highest BCUT2D eigenvalue weighted by atomic mass is 16.1. The van der Waals surface area contributed by atoms with Gasteiger partial charge >= 0.3 is 0 Å². The van der Waals surface area contributed by atoms with E-state index in [1.807, 2.05) is 12.1 Å². The standard InChI is InChI=1S/C17H15N2O/c1-2-10-19-16-8-4-3-6-13(16)11-14-15(18-12-20)7-5-9-17(14)19/h1,3-4,6,8,11,15H,5,7,9-10H2/q+1. The smallest absolute Gasteiger partial charge is 0.211 e. The summed E-state index contributed by atoms with van der Waals surface area (Å²) >= 11 is 0. The minimum Gasteiger partial charge on any atom is -0.211 e. The molecule has 1 unspecified atom stereocenters. The summed E-state index contributed by atoms with van der Waals surface area (Å²) in [7, 11) is 0. The molecular formula is C17H15N2O+. The number of hydrogen-bond donors (Lipinski definition) is 0. The summed E-state index contributed by atoms with van der Waals surface area (Å²) in [5.74, 6) is 2.73. The van der Waals surface area contributed by atoms with Crippen LogP contribution in [0.1, 0.15) is 30.1 Å². The molecule has 1 aliphatic rings. The highest BCUT2D eigenvalue weighted by molar-refractivity contribution is 5.76. The van der Waals surface area contributed by atoms with Crippen molar-refractivity contribution in [3.8, 4) is 12.3 Å². The Morgan fingerprint density at radius 3 is 3.05 bits per heavy atom. The number of pyridine rings is 1. The zero-order valence-corrected chi connectivity index (χ0v) is 11.2. The molecule has 1 atom stereocenters. The van der Waals surface area contributed by atoms with Gasteiger partial charge < -0.3 is 0 Å². The number of nitrogens with zero attached hydrogens (tertiary/aromatic N) is 2. The molecule has 1 aliphatic carbocycles. The lowest BCUT2D eigenvalue weighted by Gasteiger charge is -2.20. The van der Waals surface area contributed by atoms with Crippen LogP contribution in [0.25, 0.3) is 10.9 Å². The van der Waals surface area contributed by atoms with Crippen LogP contribution in [0.4, 0.5) is 0 Å². The average molecular weight is 263 g/mol. The molecule has 0 saturated carbocycles. The molecule has 1 aromatic heterocycles. The molecular weight excluding hydrogens is 248 g/mol. The van der Waals surface area contributed by atoms with Crippen LogP contribution in [-0.2, 0) is 17.8 Å². The topological polar surface area (TPSA) is 33.3 Å². The third kappa shape index (κ3) is 2.01. The summed E-state index contributed by atoms with van der Waals surface area (Å²) < 4.78 is 2.18. The van der Waals surface area contributed by atoms with Crippen LogP contribution in [0.2, 0.25) is 0 Å². The Hall–Kier alpha value is -2.43. The molecule has 3 heteroatoms. The lowest BCUT2D eigenvalue weighted by atomic mass is 9.90. The second-order valence-electron chi connectivity index (χ2n) is 5.02. The molecule has 1 heterocycles. The summed E-state index contributed by atoms with van der Waals surface area (Å²) in [5, 5.41) is 1.13. The van der Waals surface area contributed by atoms with Gasteiger partial charge in [0.1, 0.15) is 0 Å². The number of benzene rings is 1. The second kappa shape index (κ2) is 5.28. The maximum absolute atomic E-state index is 10.6. The highest BCUT2D eigenvalue weighted by Crippen LogP contribution is 2.32. The molecule has 2 aromatic rings. The van der Waals surface area contributed by atoms with Crippen LogP contribution in [0.15, 0.2) is 35.3 Å². The fourth-order valence-electron chi connectivity index (χ4n) is 3.06. The Bertz CT molecular complexity index is 751. The van der Waals surface area contributed by atoms with Crippen LogP contribution in [0.3, 0.4) is 0 Å². The van der Waals surface area contributed by atoms with Crippen LogP contribution in [0.5, 0.6) is 0 Å². The molecule has 0 saturated heterocycles. The van der Waals surface area contributed by atoms with Gasteiger partial charge in [0.25, 0.3) is 0 Å². The molecule has 0 spiro atoms. The minimum absolute atomic E-state index is 0.0788. The SMILES string of the molecule is C#CC[n+]1c2c(cc3ccccc31)C(N=C=O)CCC2. The first kappa shape index (κ1) is 12.6. The second-order valence-corrected chi connectivity index (χ2v) is 5.02. The molecule has 0 N–H and O–H groups in total. The molecule has 0 amide bonds. The van der Waals surface area contributed by atoms with E-state index >= 15 is 0 Å². The normalized spacial score (nSPS) is 17.1. The third-order valence-electron chi connectivity index (χ3n) is 3.91. The monoisotopic (exact) mass is 263 g/mol. The Labute approximate surface area is 118 Å². The Morgan fingerprint density at radius 2 is 2.25 bits per heavy atom. The maximum atomic E-state index is 10.6. The van der Waals surface area contributed by atoms with Gasteiger partial charge in [-0.2, -0.15) is 9.56 Å². The minimum atomic E-state index is -0.0788. The molecule has 1 aromatic carbocycles. The molecule has 0 radical (unpaired) electrons. The van der Waals surface area contributed by atoms with Gasteiger partial charge in [0.05, 0.1) is 6.04 Å². The van der Waals surface area contributed by atoms with Crippen LogP contribution >= 0.6 is 0 Å². The van der Waals surface area contributed by atoms with Gasteiger partial charge in [0.15, 0.2) is 5.69 Å². The van der Waals surface area contributed by atoms with E-state index in [0.717, 1.165) is 35.7 Å². The van der Waals surface area contributed by atoms with Crippen LogP contribution in [0, 0.1) is 12.3 Å². The summed E-state index contributed by atoms with van der Waals surface area (Å²) in [4.78, 5) is 14.6. The quantitative estimate of drug-likeness (QED) is 0.354. The van der Waals surface area contributed by atoms with Gasteiger partial charge in [0, 0.05) is 23.4 Å². The summed E-state index contributed by atoms with van der Waals surface area (Å²) in [6.45, 7) is 0.543. The van der Waals surface area contributed by atoms with E-state index in [0.29, 0.717) is 6.54 Å². The molecule has 3 rings (SSSR count). The van der Waals surface area contributed by atoms with E-state index in [1.54, 1.807) is 6.08 Å². The predicted molar refractivity (Wildman–Crippen MR) is 76.8 cm³/mol. The van der Waals surface area contributed by atoms with Gasteiger partial charge in [-0.25, -0.2) is 4.79 Å². The first-order valence-corrected chi connectivity index (χ1v) is 6.80. The Morgan fingerprint density at radius 1 is 1.40 bits per heavy atom. The zero-order valence-electron chi connectivity index (χ0n) is 11.2. The van der Waals surface area contributed by atoms with Crippen molar-refractivity contribution in [3.63, 3.8) is 0 Å². The van der Waals surface area contributed by atoms with Gasteiger partial charge in [-0.15, -0.1) is 6.42 Å². The number of isocyanates is 1. The number of terminal acetylenes is 1. The first-order valence-electron chi connectivity index (χ1n) is 6.80. The molecule has 98 valence electrons. The average Bonchev–Trinajstić information content (AvgIpc) is 2.48. The maximum Gasteiger partial charge on any atom is 0.235 e. The number of fused-ring (bicyclic) bond motifs is 2. The zero-order chi connectivity index (χ0) is 13.9. The lowest BCUT2D eigenvalue weighted by molar-refractivity contribution is -0.667. The first-order chi connectivity index (χ1) is 9.85. The number of rotatable bonds is 2. The number of para-hydroxylation sites is 1. The largest absolute Gasteiger partial charge is 0.235 e. The van der Waals surface area contributed by atoms with Crippen molar-refractivity contribution in [2.45, 2.75) is 31.8 Å². The summed E-state index contributed by atoms with van der Waals surface area (Å²) in [6.07, 6.45) is 10.1. The van der Waals surface area contributed by atoms with Crippen LogP contribution in [-0.4, -0.2) is 6.08 Å². The predicted octanol–water partition coefficient (Wildman–Crippen LogP) is 2.47. The summed E-state index contributed by atoms with van der Waals surface area (Å²) in [5.41, 5.74) is 3.46. The van der Waals surface area contributed by atoms with Gasteiger partial charge in [-0.05, 0) is 30.9 Å². The number of hydrogen-bond acceptors (Lipinski definition) is 2. The molecule has 20 heavy (non-hydrogen) atoms. The fraction of sp³-hybridized carbons (Fsp3) is 0.294. The van der Waals surface area contributed by atoms with E-state index in [4.69, 9.17) is 6.42 Å². The van der Waals surface area contributed by atoms with Crippen molar-refractivity contribution in [1.29, 1.82) is 0 Å². The number of carbonyl (C=O) groups excluding carboxylic acids is 1. The van der Waals surface area contributed by atoms with Gasteiger partial charge in [-0.1, -0.05) is 12.1 Å². The Balaban J connectivity index is 2.32. The van der Waals surface area contributed by atoms with E-state index in [1.165, 1.54) is 5.69 Å². The molecule has 3 nitrogen and oxygen atoms in total. The van der Waals surface area contributed by atoms with Gasteiger partial charge in [0.2, 0.25) is 18.1 Å². The number of aliphatic imine (C=N–C) groups is 1. The van der Waals surface area contributed by atoms with E-state index < -0.39 is 0 Å². The summed E-state index contributed by atoms with van der Waals surface area (Å²) in [6, 6.07) is 10.2. The third-order valence-corrected chi connectivity index (χ3v) is 3.91. The molecule has 0 bridgehead atoms. The van der Waals surface area contributed by atoms with Crippen LogP contribution < -0.4 is 4.57 Å². The van der Waals surface area contributed by atoms with E-state index in [2.05, 4.69) is 33.7 Å². The Kier molecular flexibility index (Phi) is 3.33. The van der Waals surface area contributed by atoms with Crippen molar-refractivity contribution < 1.29 is 9.36 Å². The van der Waals surface area contributed by atoms with E-state index in [-0.39, 0.29) is 6.04 Å². The fourth-order valence-corrected chi connectivity index (χ4v) is 3.06. The van der Waals surface area contributed by atoms with Crippen molar-refractivity contribution >= 4 is 17.0 Å². The highest BCUT2D eigenvalue weighted by Gasteiger charge is 2.29. The van der Waals surface area contributed by atoms with Gasteiger partial charge in [-0.3, -0.25) is 0 Å². The van der Waals surface area contributed by atoms with E-state index in [9.17, 15) is 4.79 Å².